The van der Waals surface area contributed by atoms with Crippen LogP contribution in [-0.2, 0) is 14.3 Å². The molecule has 1 atom stereocenters. The van der Waals surface area contributed by atoms with E-state index in [4.69, 9.17) is 9.47 Å². The smallest absolute Gasteiger partial charge is 0.334 e. The molecular formula is C14H16N2O3. The minimum Gasteiger partial charge on any atom is -0.454 e. The standard InChI is InChI=1S/C14H16N2O3/c1-10-9-12(19-14(10)17)11-3-2-4-15-13(11)16-5-7-18-8-6-16/h2-4,12H,1,5-9H2. The summed E-state index contributed by atoms with van der Waals surface area (Å²) < 4.78 is 10.7. The maximum atomic E-state index is 11.5. The Morgan fingerprint density at radius 3 is 2.84 bits per heavy atom. The van der Waals surface area contributed by atoms with Gasteiger partial charge in [-0.1, -0.05) is 12.6 Å². The van der Waals surface area contributed by atoms with E-state index in [1.54, 1.807) is 6.20 Å². The molecule has 3 heterocycles. The van der Waals surface area contributed by atoms with Crippen LogP contribution in [0.15, 0.2) is 30.5 Å². The number of carbonyl (C=O) groups excluding carboxylic acids is 1. The zero-order valence-electron chi connectivity index (χ0n) is 10.7. The molecule has 2 aliphatic heterocycles. The topological polar surface area (TPSA) is 51.7 Å². The fourth-order valence-electron chi connectivity index (χ4n) is 2.43. The van der Waals surface area contributed by atoms with E-state index in [0.29, 0.717) is 25.2 Å². The summed E-state index contributed by atoms with van der Waals surface area (Å²) in [6.07, 6.45) is 2.05. The van der Waals surface area contributed by atoms with Crippen LogP contribution in [0.4, 0.5) is 5.82 Å². The largest absolute Gasteiger partial charge is 0.454 e. The predicted octanol–water partition coefficient (Wildman–Crippen LogP) is 1.46. The highest BCUT2D eigenvalue weighted by atomic mass is 16.5. The number of hydrogen-bond donors (Lipinski definition) is 0. The van der Waals surface area contributed by atoms with E-state index in [0.717, 1.165) is 24.5 Å². The minimum atomic E-state index is -0.304. The second-order valence-electron chi connectivity index (χ2n) is 4.72. The highest BCUT2D eigenvalue weighted by Gasteiger charge is 2.31. The second kappa shape index (κ2) is 5.01. The highest BCUT2D eigenvalue weighted by molar-refractivity contribution is 5.90. The summed E-state index contributed by atoms with van der Waals surface area (Å²) in [6.45, 7) is 6.75. The summed E-state index contributed by atoms with van der Waals surface area (Å²) in [5, 5.41) is 0. The van der Waals surface area contributed by atoms with Crippen LogP contribution < -0.4 is 4.90 Å². The van der Waals surface area contributed by atoms with Crippen LogP contribution in [0.3, 0.4) is 0 Å². The van der Waals surface area contributed by atoms with Gasteiger partial charge in [-0.3, -0.25) is 0 Å². The van der Waals surface area contributed by atoms with Gasteiger partial charge in [-0.25, -0.2) is 9.78 Å². The summed E-state index contributed by atoms with van der Waals surface area (Å²) in [5.74, 6) is 0.583. The van der Waals surface area contributed by atoms with Gasteiger partial charge in [0.05, 0.1) is 13.2 Å². The Kier molecular flexibility index (Phi) is 3.21. The highest BCUT2D eigenvalue weighted by Crippen LogP contribution is 2.36. The molecule has 0 aliphatic carbocycles. The molecule has 1 aromatic rings. The van der Waals surface area contributed by atoms with E-state index in [1.807, 2.05) is 12.1 Å². The van der Waals surface area contributed by atoms with Crippen molar-refractivity contribution in [2.45, 2.75) is 12.5 Å². The van der Waals surface area contributed by atoms with Crippen molar-refractivity contribution < 1.29 is 14.3 Å². The van der Waals surface area contributed by atoms with Crippen molar-refractivity contribution in [2.75, 3.05) is 31.2 Å². The Morgan fingerprint density at radius 2 is 2.16 bits per heavy atom. The lowest BCUT2D eigenvalue weighted by atomic mass is 10.1. The molecule has 3 rings (SSSR count). The maximum Gasteiger partial charge on any atom is 0.334 e. The molecule has 0 saturated carbocycles. The van der Waals surface area contributed by atoms with Crippen molar-refractivity contribution in [2.24, 2.45) is 0 Å². The number of nitrogens with zero attached hydrogens (tertiary/aromatic N) is 2. The van der Waals surface area contributed by atoms with E-state index in [9.17, 15) is 4.79 Å². The monoisotopic (exact) mass is 260 g/mol. The van der Waals surface area contributed by atoms with Crippen molar-refractivity contribution in [3.63, 3.8) is 0 Å². The van der Waals surface area contributed by atoms with Gasteiger partial charge in [-0.05, 0) is 6.07 Å². The molecule has 0 spiro atoms. The maximum absolute atomic E-state index is 11.5. The van der Waals surface area contributed by atoms with Gasteiger partial charge in [0.2, 0.25) is 0 Å². The number of aromatic nitrogens is 1. The molecule has 5 heteroatoms. The Morgan fingerprint density at radius 1 is 1.37 bits per heavy atom. The molecule has 1 unspecified atom stereocenters. The van der Waals surface area contributed by atoms with Crippen molar-refractivity contribution in [3.8, 4) is 0 Å². The van der Waals surface area contributed by atoms with Gasteiger partial charge in [-0.2, -0.15) is 0 Å². The van der Waals surface area contributed by atoms with E-state index in [1.165, 1.54) is 0 Å². The van der Waals surface area contributed by atoms with Gasteiger partial charge in [0.25, 0.3) is 0 Å². The van der Waals surface area contributed by atoms with Crippen LogP contribution in [0.1, 0.15) is 18.1 Å². The lowest BCUT2D eigenvalue weighted by Gasteiger charge is -2.30. The average molecular weight is 260 g/mol. The molecule has 1 aromatic heterocycles. The quantitative estimate of drug-likeness (QED) is 0.595. The molecule has 0 N–H and O–H groups in total. The third kappa shape index (κ3) is 2.33. The minimum absolute atomic E-state index is 0.258. The third-order valence-corrected chi connectivity index (χ3v) is 3.44. The second-order valence-corrected chi connectivity index (χ2v) is 4.72. The van der Waals surface area contributed by atoms with Gasteiger partial charge in [0.15, 0.2) is 0 Å². The molecule has 0 radical (unpaired) electrons. The number of ether oxygens (including phenoxy) is 2. The number of morpholine rings is 1. The van der Waals surface area contributed by atoms with Crippen molar-refractivity contribution in [1.82, 2.24) is 4.98 Å². The summed E-state index contributed by atoms with van der Waals surface area (Å²) in [4.78, 5) is 18.1. The molecule has 2 aliphatic rings. The van der Waals surface area contributed by atoms with Gasteiger partial charge in [0.1, 0.15) is 11.9 Å². The first-order chi connectivity index (χ1) is 9.25. The van der Waals surface area contributed by atoms with E-state index in [-0.39, 0.29) is 12.1 Å². The molecule has 2 saturated heterocycles. The van der Waals surface area contributed by atoms with Crippen LogP contribution in [0.5, 0.6) is 0 Å². The summed E-state index contributed by atoms with van der Waals surface area (Å²) in [6, 6.07) is 3.84. The number of cyclic esters (lactones) is 1. The molecule has 2 fully saturated rings. The predicted molar refractivity (Wildman–Crippen MR) is 69.9 cm³/mol. The molecule has 0 bridgehead atoms. The van der Waals surface area contributed by atoms with Crippen LogP contribution in [0, 0.1) is 0 Å². The Balaban J connectivity index is 1.89. The first kappa shape index (κ1) is 12.2. The molecule has 19 heavy (non-hydrogen) atoms. The van der Waals surface area contributed by atoms with Gasteiger partial charge < -0.3 is 14.4 Å². The number of esters is 1. The van der Waals surface area contributed by atoms with Crippen LogP contribution in [0.25, 0.3) is 0 Å². The van der Waals surface area contributed by atoms with Crippen molar-refractivity contribution >= 4 is 11.8 Å². The van der Waals surface area contributed by atoms with Crippen molar-refractivity contribution in [1.29, 1.82) is 0 Å². The number of rotatable bonds is 2. The lowest BCUT2D eigenvalue weighted by molar-refractivity contribution is -0.139. The SMILES string of the molecule is C=C1CC(c2cccnc2N2CCOCC2)OC1=O. The fraction of sp³-hybridized carbons (Fsp3) is 0.429. The normalized spacial score (nSPS) is 23.6. The van der Waals surface area contributed by atoms with Gasteiger partial charge in [-0.15, -0.1) is 0 Å². The molecular weight excluding hydrogens is 244 g/mol. The van der Waals surface area contributed by atoms with Crippen molar-refractivity contribution in [3.05, 3.63) is 36.0 Å². The lowest BCUT2D eigenvalue weighted by Crippen LogP contribution is -2.37. The number of anilines is 1. The van der Waals surface area contributed by atoms with E-state index >= 15 is 0 Å². The number of carbonyl (C=O) groups is 1. The molecule has 5 nitrogen and oxygen atoms in total. The first-order valence-corrected chi connectivity index (χ1v) is 6.42. The molecule has 0 aromatic carbocycles. The summed E-state index contributed by atoms with van der Waals surface area (Å²) >= 11 is 0. The first-order valence-electron chi connectivity index (χ1n) is 6.42. The summed E-state index contributed by atoms with van der Waals surface area (Å²) in [7, 11) is 0. The van der Waals surface area contributed by atoms with Crippen LogP contribution in [0.2, 0.25) is 0 Å². The Bertz CT molecular complexity index is 493. The van der Waals surface area contributed by atoms with Gasteiger partial charge >= 0.3 is 5.97 Å². The molecule has 0 amide bonds. The van der Waals surface area contributed by atoms with E-state index in [2.05, 4.69) is 16.5 Å². The Hall–Kier alpha value is -1.88. The zero-order chi connectivity index (χ0) is 13.2. The average Bonchev–Trinajstić information content (AvgIpc) is 2.80. The third-order valence-electron chi connectivity index (χ3n) is 3.44. The fourth-order valence-corrected chi connectivity index (χ4v) is 2.43. The van der Waals surface area contributed by atoms with Crippen LogP contribution >= 0.6 is 0 Å². The molecule has 100 valence electrons. The Labute approximate surface area is 111 Å². The van der Waals surface area contributed by atoms with Crippen LogP contribution in [-0.4, -0.2) is 37.3 Å². The number of pyridine rings is 1. The van der Waals surface area contributed by atoms with Gasteiger partial charge in [0, 0.05) is 36.8 Å². The van der Waals surface area contributed by atoms with E-state index < -0.39 is 0 Å². The zero-order valence-corrected chi connectivity index (χ0v) is 10.7. The summed E-state index contributed by atoms with van der Waals surface area (Å²) in [5.41, 5.74) is 1.48. The number of hydrogen-bond acceptors (Lipinski definition) is 5.